The Kier molecular flexibility index (Phi) is 3.99. The lowest BCUT2D eigenvalue weighted by Crippen LogP contribution is -2.29. The highest BCUT2D eigenvalue weighted by atomic mass is 16.3. The number of amides is 1. The predicted molar refractivity (Wildman–Crippen MR) is 70.0 cm³/mol. The molecule has 0 bridgehead atoms. The van der Waals surface area contributed by atoms with Crippen LogP contribution in [0.1, 0.15) is 29.3 Å². The Bertz CT molecular complexity index is 416. The lowest BCUT2D eigenvalue weighted by Gasteiger charge is -2.16. The van der Waals surface area contributed by atoms with Crippen LogP contribution in [-0.2, 0) is 6.54 Å². The van der Waals surface area contributed by atoms with E-state index in [4.69, 9.17) is 5.73 Å². The molecule has 1 aliphatic heterocycles. The summed E-state index contributed by atoms with van der Waals surface area (Å²) in [6, 6.07) is 7.35. The summed E-state index contributed by atoms with van der Waals surface area (Å²) < 4.78 is 0. The number of rotatable bonds is 3. The number of aliphatic hydroxyl groups excluding tert-OH is 1. The summed E-state index contributed by atoms with van der Waals surface area (Å²) >= 11 is 0. The Morgan fingerprint density at radius 2 is 2.06 bits per heavy atom. The van der Waals surface area contributed by atoms with Gasteiger partial charge in [-0.3, -0.25) is 4.79 Å². The molecular weight excluding hydrogens is 228 g/mol. The van der Waals surface area contributed by atoms with Crippen molar-refractivity contribution < 1.29 is 9.90 Å². The van der Waals surface area contributed by atoms with Crippen LogP contribution in [0.2, 0.25) is 0 Å². The van der Waals surface area contributed by atoms with Gasteiger partial charge in [0.25, 0.3) is 5.91 Å². The van der Waals surface area contributed by atoms with Crippen LogP contribution < -0.4 is 5.73 Å². The van der Waals surface area contributed by atoms with Crippen LogP contribution in [0.5, 0.6) is 0 Å². The largest absolute Gasteiger partial charge is 0.391 e. The molecule has 3 N–H and O–H groups in total. The zero-order chi connectivity index (χ0) is 13.1. The average molecular weight is 248 g/mol. The average Bonchev–Trinajstić information content (AvgIpc) is 2.79. The molecule has 1 heterocycles. The molecule has 0 aliphatic carbocycles. The van der Waals surface area contributed by atoms with E-state index in [2.05, 4.69) is 0 Å². The van der Waals surface area contributed by atoms with Crippen molar-refractivity contribution >= 4 is 5.91 Å². The molecule has 0 aromatic heterocycles. The first-order chi connectivity index (χ1) is 8.65. The first kappa shape index (κ1) is 13.1. The van der Waals surface area contributed by atoms with Gasteiger partial charge in [0.05, 0.1) is 6.10 Å². The van der Waals surface area contributed by atoms with Crippen LogP contribution in [0, 0.1) is 5.92 Å². The van der Waals surface area contributed by atoms with Gasteiger partial charge in [0.1, 0.15) is 0 Å². The van der Waals surface area contributed by atoms with Crippen molar-refractivity contribution in [2.45, 2.75) is 26.0 Å². The third kappa shape index (κ3) is 2.54. The zero-order valence-electron chi connectivity index (χ0n) is 10.7. The Labute approximate surface area is 107 Å². The maximum absolute atomic E-state index is 12.2. The minimum Gasteiger partial charge on any atom is -0.391 e. The van der Waals surface area contributed by atoms with E-state index in [-0.39, 0.29) is 17.9 Å². The van der Waals surface area contributed by atoms with Gasteiger partial charge in [0.2, 0.25) is 0 Å². The Hall–Kier alpha value is -1.39. The van der Waals surface area contributed by atoms with Gasteiger partial charge in [0, 0.05) is 31.1 Å². The Morgan fingerprint density at radius 1 is 1.39 bits per heavy atom. The second-order valence-corrected chi connectivity index (χ2v) is 4.85. The van der Waals surface area contributed by atoms with Crippen LogP contribution in [0.15, 0.2) is 24.3 Å². The van der Waals surface area contributed by atoms with E-state index in [1.54, 1.807) is 17.0 Å². The van der Waals surface area contributed by atoms with E-state index >= 15 is 0 Å². The first-order valence-electron chi connectivity index (χ1n) is 6.42. The first-order valence-corrected chi connectivity index (χ1v) is 6.42. The van der Waals surface area contributed by atoms with Gasteiger partial charge < -0.3 is 15.7 Å². The lowest BCUT2D eigenvalue weighted by atomic mass is 10.0. The summed E-state index contributed by atoms with van der Waals surface area (Å²) in [5.41, 5.74) is 7.20. The maximum atomic E-state index is 12.2. The van der Waals surface area contributed by atoms with Crippen LogP contribution in [-0.4, -0.2) is 35.1 Å². The number of hydrogen-bond acceptors (Lipinski definition) is 3. The molecule has 1 aliphatic rings. The standard InChI is InChI=1S/C14H20N2O2/c1-2-11-8-16(9-13(11)17)14(18)12-5-3-10(7-15)4-6-12/h3-6,11,13,17H,2,7-9,15H2,1H3. The number of nitrogens with two attached hydrogens (primary N) is 1. The third-order valence-corrected chi connectivity index (χ3v) is 3.65. The number of hydrogen-bond donors (Lipinski definition) is 2. The van der Waals surface area contributed by atoms with Gasteiger partial charge >= 0.3 is 0 Å². The van der Waals surface area contributed by atoms with E-state index in [1.807, 2.05) is 19.1 Å². The Balaban J connectivity index is 2.07. The molecule has 1 aromatic rings. The fourth-order valence-electron chi connectivity index (χ4n) is 2.39. The number of nitrogens with zero attached hydrogens (tertiary/aromatic N) is 1. The summed E-state index contributed by atoms with van der Waals surface area (Å²) in [7, 11) is 0. The minimum atomic E-state index is -0.387. The number of β-amino-alcohol motifs (C(OH)–C–C–N with tert-alkyl or cyclic N) is 1. The molecule has 0 spiro atoms. The second-order valence-electron chi connectivity index (χ2n) is 4.85. The van der Waals surface area contributed by atoms with Crippen molar-refractivity contribution in [1.29, 1.82) is 0 Å². The van der Waals surface area contributed by atoms with E-state index in [0.717, 1.165) is 12.0 Å². The smallest absolute Gasteiger partial charge is 0.253 e. The fraction of sp³-hybridized carbons (Fsp3) is 0.500. The van der Waals surface area contributed by atoms with Crippen molar-refractivity contribution in [1.82, 2.24) is 4.90 Å². The predicted octanol–water partition coefficient (Wildman–Crippen LogP) is 0.988. The number of benzene rings is 1. The van der Waals surface area contributed by atoms with Gasteiger partial charge in [-0.2, -0.15) is 0 Å². The van der Waals surface area contributed by atoms with Gasteiger partial charge in [-0.05, 0) is 24.1 Å². The van der Waals surface area contributed by atoms with Crippen molar-refractivity contribution in [3.63, 3.8) is 0 Å². The molecular formula is C14H20N2O2. The van der Waals surface area contributed by atoms with E-state index < -0.39 is 0 Å². The molecule has 0 saturated carbocycles. The van der Waals surface area contributed by atoms with Gasteiger partial charge in [-0.25, -0.2) is 0 Å². The summed E-state index contributed by atoms with van der Waals surface area (Å²) in [6.45, 7) is 3.61. The lowest BCUT2D eigenvalue weighted by molar-refractivity contribution is 0.0764. The minimum absolute atomic E-state index is 0.00595. The van der Waals surface area contributed by atoms with E-state index in [1.165, 1.54) is 0 Å². The molecule has 2 unspecified atom stereocenters. The summed E-state index contributed by atoms with van der Waals surface area (Å²) in [5.74, 6) is 0.200. The Morgan fingerprint density at radius 3 is 2.56 bits per heavy atom. The van der Waals surface area contributed by atoms with Crippen LogP contribution in [0.3, 0.4) is 0 Å². The van der Waals surface area contributed by atoms with Gasteiger partial charge in [0.15, 0.2) is 0 Å². The molecule has 4 heteroatoms. The highest BCUT2D eigenvalue weighted by Gasteiger charge is 2.32. The third-order valence-electron chi connectivity index (χ3n) is 3.65. The van der Waals surface area contributed by atoms with E-state index in [9.17, 15) is 9.90 Å². The van der Waals surface area contributed by atoms with Crippen molar-refractivity contribution in [3.05, 3.63) is 35.4 Å². The molecule has 1 aromatic carbocycles. The molecule has 18 heavy (non-hydrogen) atoms. The molecule has 1 saturated heterocycles. The molecule has 0 radical (unpaired) electrons. The quantitative estimate of drug-likeness (QED) is 0.838. The van der Waals surface area contributed by atoms with Crippen LogP contribution in [0.25, 0.3) is 0 Å². The maximum Gasteiger partial charge on any atom is 0.253 e. The second kappa shape index (κ2) is 5.50. The topological polar surface area (TPSA) is 66.6 Å². The SMILES string of the molecule is CCC1CN(C(=O)c2ccc(CN)cc2)CC1O. The summed E-state index contributed by atoms with van der Waals surface area (Å²) in [5, 5.41) is 9.83. The number of aliphatic hydroxyl groups is 1. The molecule has 98 valence electrons. The molecule has 2 rings (SSSR count). The molecule has 4 nitrogen and oxygen atoms in total. The van der Waals surface area contributed by atoms with Gasteiger partial charge in [-0.15, -0.1) is 0 Å². The number of likely N-dealkylation sites (tertiary alicyclic amines) is 1. The number of carbonyl (C=O) groups excluding carboxylic acids is 1. The van der Waals surface area contributed by atoms with E-state index in [0.29, 0.717) is 25.2 Å². The highest BCUT2D eigenvalue weighted by Crippen LogP contribution is 2.21. The van der Waals surface area contributed by atoms with Crippen LogP contribution in [0.4, 0.5) is 0 Å². The zero-order valence-corrected chi connectivity index (χ0v) is 10.7. The van der Waals surface area contributed by atoms with Crippen molar-refractivity contribution in [2.75, 3.05) is 13.1 Å². The number of carbonyl (C=O) groups is 1. The molecule has 1 fully saturated rings. The summed E-state index contributed by atoms with van der Waals surface area (Å²) in [6.07, 6.45) is 0.513. The summed E-state index contributed by atoms with van der Waals surface area (Å²) in [4.78, 5) is 14.0. The van der Waals surface area contributed by atoms with Crippen molar-refractivity contribution in [3.8, 4) is 0 Å². The molecule has 1 amide bonds. The monoisotopic (exact) mass is 248 g/mol. The van der Waals surface area contributed by atoms with Gasteiger partial charge in [-0.1, -0.05) is 19.1 Å². The fourth-order valence-corrected chi connectivity index (χ4v) is 2.39. The highest BCUT2D eigenvalue weighted by molar-refractivity contribution is 5.94. The van der Waals surface area contributed by atoms with Crippen molar-refractivity contribution in [2.24, 2.45) is 11.7 Å². The molecule has 2 atom stereocenters. The normalized spacial score (nSPS) is 23.4. The van der Waals surface area contributed by atoms with Crippen LogP contribution >= 0.6 is 0 Å².